The summed E-state index contributed by atoms with van der Waals surface area (Å²) in [4.78, 5) is 2.76. The summed E-state index contributed by atoms with van der Waals surface area (Å²) >= 11 is 0. The molecule has 0 saturated carbocycles. The van der Waals surface area contributed by atoms with Gasteiger partial charge in [0.1, 0.15) is 0 Å². The topological polar surface area (TPSA) is 24.5 Å². The van der Waals surface area contributed by atoms with E-state index in [2.05, 4.69) is 17.1 Å². The number of likely N-dealkylation sites (tertiary alicyclic amines) is 1. The van der Waals surface area contributed by atoms with E-state index in [1.54, 1.807) is 0 Å². The number of hydrogen-bond donors (Lipinski definition) is 1. The van der Waals surface area contributed by atoms with Crippen molar-refractivity contribution in [2.75, 3.05) is 39.3 Å². The fraction of sp³-hybridized carbons (Fsp3) is 1.00. The Morgan fingerprint density at radius 2 is 2.11 bits per heavy atom. The quantitative estimate of drug-likeness (QED) is 0.848. The van der Waals surface area contributed by atoms with Gasteiger partial charge in [-0.15, -0.1) is 0 Å². The molecular formula is C16H30N2O. The Morgan fingerprint density at radius 3 is 2.89 bits per heavy atom. The van der Waals surface area contributed by atoms with E-state index < -0.39 is 0 Å². The molecule has 3 aliphatic rings. The van der Waals surface area contributed by atoms with Crippen LogP contribution in [0.3, 0.4) is 0 Å². The molecule has 0 amide bonds. The van der Waals surface area contributed by atoms with Gasteiger partial charge >= 0.3 is 0 Å². The Morgan fingerprint density at radius 1 is 1.26 bits per heavy atom. The summed E-state index contributed by atoms with van der Waals surface area (Å²) in [6.45, 7) is 9.76. The zero-order valence-corrected chi connectivity index (χ0v) is 12.5. The molecule has 0 bridgehead atoms. The standard InChI is InChI=1S/C16H30N2O/c1-2-15-11-14(3-10-19-15)12-18-9-6-16(13-18)4-7-17-8-5-16/h14-15,17H,2-13H2,1H3. The summed E-state index contributed by atoms with van der Waals surface area (Å²) in [5.74, 6) is 0.885. The Hall–Kier alpha value is -0.120. The maximum absolute atomic E-state index is 5.80. The molecule has 3 rings (SSSR count). The van der Waals surface area contributed by atoms with Crippen molar-refractivity contribution in [3.63, 3.8) is 0 Å². The highest BCUT2D eigenvalue weighted by Crippen LogP contribution is 2.39. The molecule has 0 aliphatic carbocycles. The molecule has 3 fully saturated rings. The predicted molar refractivity (Wildman–Crippen MR) is 78.3 cm³/mol. The lowest BCUT2D eigenvalue weighted by molar-refractivity contribution is -0.0170. The number of ether oxygens (including phenoxy) is 1. The predicted octanol–water partition coefficient (Wildman–Crippen LogP) is 2.27. The van der Waals surface area contributed by atoms with Crippen LogP contribution in [0.1, 0.15) is 45.4 Å². The van der Waals surface area contributed by atoms with Crippen LogP contribution in [0.15, 0.2) is 0 Å². The van der Waals surface area contributed by atoms with Crippen LogP contribution < -0.4 is 5.32 Å². The lowest BCUT2D eigenvalue weighted by Crippen LogP contribution is -2.40. The second-order valence-electron chi connectivity index (χ2n) is 7.03. The van der Waals surface area contributed by atoms with Gasteiger partial charge in [0.2, 0.25) is 0 Å². The van der Waals surface area contributed by atoms with Gasteiger partial charge in [0.25, 0.3) is 0 Å². The molecule has 0 aromatic rings. The molecule has 0 radical (unpaired) electrons. The maximum atomic E-state index is 5.80. The van der Waals surface area contributed by atoms with Crippen molar-refractivity contribution in [1.29, 1.82) is 0 Å². The molecule has 2 atom stereocenters. The zero-order chi connectivity index (χ0) is 13.1. The monoisotopic (exact) mass is 266 g/mol. The average Bonchev–Trinajstić information content (AvgIpc) is 2.82. The van der Waals surface area contributed by atoms with Gasteiger partial charge in [0, 0.05) is 19.7 Å². The summed E-state index contributed by atoms with van der Waals surface area (Å²) in [6, 6.07) is 0. The number of hydrogen-bond acceptors (Lipinski definition) is 3. The van der Waals surface area contributed by atoms with Gasteiger partial charge in [0.05, 0.1) is 6.10 Å². The summed E-state index contributed by atoms with van der Waals surface area (Å²) < 4.78 is 5.80. The minimum Gasteiger partial charge on any atom is -0.378 e. The van der Waals surface area contributed by atoms with Crippen molar-refractivity contribution < 1.29 is 4.74 Å². The van der Waals surface area contributed by atoms with Crippen LogP contribution in [0.4, 0.5) is 0 Å². The first-order valence-corrected chi connectivity index (χ1v) is 8.34. The highest BCUT2D eigenvalue weighted by atomic mass is 16.5. The molecule has 3 heterocycles. The molecule has 2 unspecified atom stereocenters. The summed E-state index contributed by atoms with van der Waals surface area (Å²) in [6.07, 6.45) is 8.53. The molecular weight excluding hydrogens is 236 g/mol. The Labute approximate surface area is 118 Å². The zero-order valence-electron chi connectivity index (χ0n) is 12.5. The smallest absolute Gasteiger partial charge is 0.0575 e. The minimum atomic E-state index is 0.536. The molecule has 3 aliphatic heterocycles. The van der Waals surface area contributed by atoms with Crippen LogP contribution >= 0.6 is 0 Å². The van der Waals surface area contributed by atoms with Gasteiger partial charge in [-0.05, 0) is 69.5 Å². The molecule has 3 saturated heterocycles. The van der Waals surface area contributed by atoms with E-state index in [0.717, 1.165) is 12.5 Å². The third kappa shape index (κ3) is 3.32. The highest BCUT2D eigenvalue weighted by molar-refractivity contribution is 4.93. The molecule has 1 N–H and O–H groups in total. The van der Waals surface area contributed by atoms with Gasteiger partial charge in [-0.2, -0.15) is 0 Å². The SMILES string of the molecule is CCC1CC(CN2CCC3(CCNCC3)C2)CCO1. The van der Waals surface area contributed by atoms with E-state index in [1.807, 2.05) is 0 Å². The molecule has 3 heteroatoms. The van der Waals surface area contributed by atoms with Crippen molar-refractivity contribution in [1.82, 2.24) is 10.2 Å². The lowest BCUT2D eigenvalue weighted by atomic mass is 9.78. The molecule has 110 valence electrons. The normalized spacial score (nSPS) is 35.8. The number of nitrogens with zero attached hydrogens (tertiary/aromatic N) is 1. The number of piperidine rings is 1. The summed E-state index contributed by atoms with van der Waals surface area (Å²) in [5, 5.41) is 3.51. The molecule has 0 aromatic carbocycles. The molecule has 3 nitrogen and oxygen atoms in total. The van der Waals surface area contributed by atoms with Crippen LogP contribution in [0.5, 0.6) is 0 Å². The third-order valence-electron chi connectivity index (χ3n) is 5.63. The highest BCUT2D eigenvalue weighted by Gasteiger charge is 2.39. The molecule has 19 heavy (non-hydrogen) atoms. The first kappa shape index (κ1) is 13.8. The number of rotatable bonds is 3. The van der Waals surface area contributed by atoms with Gasteiger partial charge < -0.3 is 15.0 Å². The van der Waals surface area contributed by atoms with Crippen molar-refractivity contribution in [2.45, 2.75) is 51.6 Å². The van der Waals surface area contributed by atoms with Crippen LogP contribution in [0, 0.1) is 11.3 Å². The largest absolute Gasteiger partial charge is 0.378 e. The maximum Gasteiger partial charge on any atom is 0.0575 e. The average molecular weight is 266 g/mol. The summed E-state index contributed by atoms with van der Waals surface area (Å²) in [7, 11) is 0. The van der Waals surface area contributed by atoms with E-state index in [4.69, 9.17) is 4.74 Å². The van der Waals surface area contributed by atoms with Crippen LogP contribution in [-0.4, -0.2) is 50.3 Å². The Bertz CT molecular complexity index is 288. The van der Waals surface area contributed by atoms with E-state index in [-0.39, 0.29) is 0 Å². The van der Waals surface area contributed by atoms with Crippen LogP contribution in [-0.2, 0) is 4.74 Å². The van der Waals surface area contributed by atoms with E-state index in [9.17, 15) is 0 Å². The van der Waals surface area contributed by atoms with Crippen molar-refractivity contribution in [2.24, 2.45) is 11.3 Å². The van der Waals surface area contributed by atoms with Crippen molar-refractivity contribution >= 4 is 0 Å². The fourth-order valence-electron chi connectivity index (χ4n) is 4.32. The van der Waals surface area contributed by atoms with E-state index in [0.29, 0.717) is 11.5 Å². The summed E-state index contributed by atoms with van der Waals surface area (Å²) in [5.41, 5.74) is 0.667. The van der Waals surface area contributed by atoms with Crippen LogP contribution in [0.2, 0.25) is 0 Å². The second-order valence-corrected chi connectivity index (χ2v) is 7.03. The van der Waals surface area contributed by atoms with Gasteiger partial charge in [-0.25, -0.2) is 0 Å². The second kappa shape index (κ2) is 6.11. The van der Waals surface area contributed by atoms with Crippen LogP contribution in [0.25, 0.3) is 0 Å². The first-order valence-electron chi connectivity index (χ1n) is 8.34. The lowest BCUT2D eigenvalue weighted by Gasteiger charge is -2.35. The van der Waals surface area contributed by atoms with Gasteiger partial charge in [-0.3, -0.25) is 0 Å². The fourth-order valence-corrected chi connectivity index (χ4v) is 4.32. The number of nitrogens with one attached hydrogen (secondary N) is 1. The third-order valence-corrected chi connectivity index (χ3v) is 5.63. The Kier molecular flexibility index (Phi) is 4.45. The van der Waals surface area contributed by atoms with Crippen molar-refractivity contribution in [3.05, 3.63) is 0 Å². The first-order chi connectivity index (χ1) is 9.30. The molecule has 1 spiro atoms. The molecule has 0 aromatic heterocycles. The van der Waals surface area contributed by atoms with Gasteiger partial charge in [0.15, 0.2) is 0 Å². The van der Waals surface area contributed by atoms with Gasteiger partial charge in [-0.1, -0.05) is 6.92 Å². The minimum absolute atomic E-state index is 0.536. The van der Waals surface area contributed by atoms with E-state index >= 15 is 0 Å². The van der Waals surface area contributed by atoms with Crippen molar-refractivity contribution in [3.8, 4) is 0 Å². The Balaban J connectivity index is 1.48. The van der Waals surface area contributed by atoms with E-state index in [1.165, 1.54) is 71.2 Å².